The van der Waals surface area contributed by atoms with E-state index in [1.54, 1.807) is 6.20 Å². The van der Waals surface area contributed by atoms with Crippen LogP contribution in [-0.4, -0.2) is 15.8 Å². The molecule has 5 heteroatoms. The maximum absolute atomic E-state index is 7.38. The van der Waals surface area contributed by atoms with Crippen molar-refractivity contribution in [2.45, 2.75) is 6.92 Å². The van der Waals surface area contributed by atoms with Gasteiger partial charge >= 0.3 is 0 Å². The van der Waals surface area contributed by atoms with Gasteiger partial charge in [-0.3, -0.25) is 10.4 Å². The van der Waals surface area contributed by atoms with Gasteiger partial charge in [-0.25, -0.2) is 4.98 Å². The number of rotatable bonds is 2. The van der Waals surface area contributed by atoms with Crippen LogP contribution in [-0.2, 0) is 0 Å². The molecule has 0 unspecified atom stereocenters. The summed E-state index contributed by atoms with van der Waals surface area (Å²) >= 11 is 1.40. The number of nitrogens with one attached hydrogen (secondary N) is 1. The average molecular weight is 218 g/mol. The Bertz CT molecular complexity index is 489. The molecule has 0 fully saturated rings. The average Bonchev–Trinajstić information content (AvgIpc) is 2.62. The fourth-order valence-corrected chi connectivity index (χ4v) is 2.15. The minimum atomic E-state index is 0.0622. The van der Waals surface area contributed by atoms with Gasteiger partial charge in [-0.15, -0.1) is 11.3 Å². The molecule has 2 aromatic heterocycles. The third-order valence-corrected chi connectivity index (χ3v) is 3.14. The summed E-state index contributed by atoms with van der Waals surface area (Å²) < 4.78 is 0. The molecule has 0 saturated carbocycles. The summed E-state index contributed by atoms with van der Waals surface area (Å²) in [6.07, 6.45) is 1.72. The van der Waals surface area contributed by atoms with Crippen molar-refractivity contribution in [3.8, 4) is 10.7 Å². The topological polar surface area (TPSA) is 75.7 Å². The number of nitrogens with two attached hydrogens (primary N) is 1. The minimum absolute atomic E-state index is 0.0622. The van der Waals surface area contributed by atoms with Crippen LogP contribution in [0.1, 0.15) is 10.6 Å². The van der Waals surface area contributed by atoms with E-state index in [1.807, 2.05) is 25.1 Å². The van der Waals surface area contributed by atoms with E-state index in [4.69, 9.17) is 11.1 Å². The lowest BCUT2D eigenvalue weighted by molar-refractivity contribution is 1.22. The minimum Gasteiger partial charge on any atom is -0.383 e. The predicted octanol–water partition coefficient (Wildman–Crippen LogP) is 1.80. The molecule has 0 spiro atoms. The van der Waals surface area contributed by atoms with Crippen molar-refractivity contribution < 1.29 is 0 Å². The molecule has 2 rings (SSSR count). The molecule has 3 N–H and O–H groups in total. The van der Waals surface area contributed by atoms with E-state index in [0.29, 0.717) is 0 Å². The van der Waals surface area contributed by atoms with Crippen LogP contribution < -0.4 is 5.73 Å². The van der Waals surface area contributed by atoms with E-state index < -0.39 is 0 Å². The molecule has 0 atom stereocenters. The zero-order valence-corrected chi connectivity index (χ0v) is 9.01. The Labute approximate surface area is 91.3 Å². The zero-order valence-electron chi connectivity index (χ0n) is 8.19. The van der Waals surface area contributed by atoms with Crippen LogP contribution in [0.2, 0.25) is 0 Å². The third kappa shape index (κ3) is 1.87. The fraction of sp³-hybridized carbons (Fsp3) is 0.100. The van der Waals surface area contributed by atoms with Gasteiger partial charge in [-0.05, 0) is 19.1 Å². The first-order valence-corrected chi connectivity index (χ1v) is 5.23. The van der Waals surface area contributed by atoms with E-state index in [1.165, 1.54) is 11.3 Å². The molecule has 0 aliphatic rings. The number of thiazole rings is 1. The van der Waals surface area contributed by atoms with E-state index in [2.05, 4.69) is 9.97 Å². The van der Waals surface area contributed by atoms with Gasteiger partial charge in [-0.2, -0.15) is 0 Å². The highest BCUT2D eigenvalue weighted by Crippen LogP contribution is 2.25. The maximum Gasteiger partial charge on any atom is 0.142 e. The predicted molar refractivity (Wildman–Crippen MR) is 61.1 cm³/mol. The van der Waals surface area contributed by atoms with Crippen molar-refractivity contribution in [3.63, 3.8) is 0 Å². The van der Waals surface area contributed by atoms with Gasteiger partial charge in [0.1, 0.15) is 10.8 Å². The number of amidine groups is 1. The van der Waals surface area contributed by atoms with E-state index in [0.717, 1.165) is 21.3 Å². The molecular formula is C10H10N4S. The quantitative estimate of drug-likeness (QED) is 0.596. The Kier molecular flexibility index (Phi) is 2.47. The van der Waals surface area contributed by atoms with E-state index in [-0.39, 0.29) is 5.84 Å². The van der Waals surface area contributed by atoms with Crippen molar-refractivity contribution in [2.24, 2.45) is 5.73 Å². The van der Waals surface area contributed by atoms with Crippen molar-refractivity contribution >= 4 is 17.2 Å². The third-order valence-electron chi connectivity index (χ3n) is 1.93. The molecule has 4 nitrogen and oxygen atoms in total. The smallest absolute Gasteiger partial charge is 0.142 e. The Morgan fingerprint density at radius 1 is 1.47 bits per heavy atom. The van der Waals surface area contributed by atoms with Crippen LogP contribution in [0.3, 0.4) is 0 Å². The van der Waals surface area contributed by atoms with Crippen LogP contribution in [0.4, 0.5) is 0 Å². The normalized spacial score (nSPS) is 10.2. The van der Waals surface area contributed by atoms with Crippen LogP contribution >= 0.6 is 11.3 Å². The molecule has 76 valence electrons. The van der Waals surface area contributed by atoms with Gasteiger partial charge in [0.15, 0.2) is 0 Å². The molecule has 15 heavy (non-hydrogen) atoms. The van der Waals surface area contributed by atoms with E-state index in [9.17, 15) is 0 Å². The second-order valence-electron chi connectivity index (χ2n) is 3.06. The van der Waals surface area contributed by atoms with Crippen LogP contribution in [0.15, 0.2) is 24.4 Å². The Morgan fingerprint density at radius 3 is 2.80 bits per heavy atom. The fourth-order valence-electron chi connectivity index (χ4n) is 1.25. The Morgan fingerprint density at radius 2 is 2.27 bits per heavy atom. The number of aryl methyl sites for hydroxylation is 1. The molecule has 2 aromatic rings. The second-order valence-corrected chi connectivity index (χ2v) is 4.06. The molecule has 0 amide bonds. The lowest BCUT2D eigenvalue weighted by Gasteiger charge is -1.91. The second kappa shape index (κ2) is 3.78. The highest BCUT2D eigenvalue weighted by Gasteiger charge is 2.11. The van der Waals surface area contributed by atoms with E-state index >= 15 is 0 Å². The lowest BCUT2D eigenvalue weighted by Crippen LogP contribution is -2.10. The zero-order chi connectivity index (χ0) is 10.8. The standard InChI is InChI=1S/C10H10N4S/c1-6-8(9(11)12)15-10(14-6)7-4-2-3-5-13-7/h2-5H,1H3,(H3,11,12). The lowest BCUT2D eigenvalue weighted by atomic mass is 10.3. The van der Waals surface area contributed by atoms with Gasteiger partial charge in [0.25, 0.3) is 0 Å². The summed E-state index contributed by atoms with van der Waals surface area (Å²) in [5.41, 5.74) is 7.04. The first-order valence-electron chi connectivity index (χ1n) is 4.41. The van der Waals surface area contributed by atoms with Crippen LogP contribution in [0.25, 0.3) is 10.7 Å². The number of pyridine rings is 1. The first-order chi connectivity index (χ1) is 7.18. The number of hydrogen-bond donors (Lipinski definition) is 2. The van der Waals surface area contributed by atoms with Crippen LogP contribution in [0.5, 0.6) is 0 Å². The maximum atomic E-state index is 7.38. The molecule has 0 aliphatic heterocycles. The van der Waals surface area contributed by atoms with Crippen LogP contribution in [0, 0.1) is 12.3 Å². The van der Waals surface area contributed by atoms with Gasteiger partial charge in [0, 0.05) is 6.20 Å². The molecule has 0 saturated heterocycles. The summed E-state index contributed by atoms with van der Waals surface area (Å²) in [5, 5.41) is 8.18. The van der Waals surface area contributed by atoms with Gasteiger partial charge < -0.3 is 5.73 Å². The molecule has 0 bridgehead atoms. The van der Waals surface area contributed by atoms with Crippen molar-refractivity contribution in [1.29, 1.82) is 5.41 Å². The van der Waals surface area contributed by atoms with Crippen molar-refractivity contribution in [1.82, 2.24) is 9.97 Å². The molecule has 0 aromatic carbocycles. The number of nitrogens with zero attached hydrogens (tertiary/aromatic N) is 2. The molecule has 2 heterocycles. The summed E-state index contributed by atoms with van der Waals surface area (Å²) in [7, 11) is 0. The SMILES string of the molecule is Cc1nc(-c2ccccn2)sc1C(=N)N. The van der Waals surface area contributed by atoms with Gasteiger partial charge in [0.2, 0.25) is 0 Å². The Balaban J connectivity index is 2.48. The number of hydrogen-bond acceptors (Lipinski definition) is 4. The van der Waals surface area contributed by atoms with Gasteiger partial charge in [-0.1, -0.05) is 6.07 Å². The number of aromatic nitrogens is 2. The molecule has 0 aliphatic carbocycles. The summed E-state index contributed by atoms with van der Waals surface area (Å²) in [4.78, 5) is 9.25. The summed E-state index contributed by atoms with van der Waals surface area (Å²) in [6, 6.07) is 5.66. The van der Waals surface area contributed by atoms with Crippen molar-refractivity contribution in [2.75, 3.05) is 0 Å². The number of nitrogen functional groups attached to an aromatic ring is 1. The highest BCUT2D eigenvalue weighted by molar-refractivity contribution is 7.17. The first kappa shape index (κ1) is 9.79. The highest BCUT2D eigenvalue weighted by atomic mass is 32.1. The van der Waals surface area contributed by atoms with Crippen molar-refractivity contribution in [3.05, 3.63) is 35.0 Å². The monoisotopic (exact) mass is 218 g/mol. The largest absolute Gasteiger partial charge is 0.383 e. The molecular weight excluding hydrogens is 208 g/mol. The van der Waals surface area contributed by atoms with Gasteiger partial charge in [0.05, 0.1) is 16.3 Å². The molecule has 0 radical (unpaired) electrons. The summed E-state index contributed by atoms with van der Waals surface area (Å²) in [6.45, 7) is 1.85. The Hall–Kier alpha value is -1.75. The summed E-state index contributed by atoms with van der Waals surface area (Å²) in [5.74, 6) is 0.0622.